The van der Waals surface area contributed by atoms with Crippen molar-refractivity contribution >= 4 is 11.6 Å². The van der Waals surface area contributed by atoms with Crippen LogP contribution in [0.5, 0.6) is 0 Å². The van der Waals surface area contributed by atoms with Crippen LogP contribution in [-0.4, -0.2) is 16.1 Å². The van der Waals surface area contributed by atoms with E-state index in [1.165, 1.54) is 103 Å². The number of rotatable bonds is 19. The summed E-state index contributed by atoms with van der Waals surface area (Å²) in [5, 5.41) is 10.1. The lowest BCUT2D eigenvalue weighted by Crippen LogP contribution is -2.34. The van der Waals surface area contributed by atoms with Crippen LogP contribution in [0.1, 0.15) is 136 Å². The smallest absolute Gasteiger partial charge is 0.0703 e. The molecule has 0 aromatic rings. The maximum Gasteiger partial charge on any atom is 0.0703 e. The maximum absolute atomic E-state index is 10.1. The molecule has 3 heteroatoms. The molecule has 0 heterocycles. The quantitative estimate of drug-likeness (QED) is 0.171. The number of aliphatic hydroxyl groups is 1. The molecule has 0 fully saturated rings. The first-order chi connectivity index (χ1) is 12.1. The van der Waals surface area contributed by atoms with Crippen molar-refractivity contribution in [1.82, 2.24) is 6.15 Å². The standard InChI is InChI=1S/C23H47ClO.H3N/c1-4-6-8-10-12-14-16-18-20-23(24,22(3)25)21-19-17-15-13-11-9-7-5-2;/h22,25H,4-21H2,1-3H3;1H3. The average molecular weight is 392 g/mol. The van der Waals surface area contributed by atoms with Gasteiger partial charge in [0.1, 0.15) is 0 Å². The highest BCUT2D eigenvalue weighted by Gasteiger charge is 2.31. The topological polar surface area (TPSA) is 55.2 Å². The Morgan fingerprint density at radius 3 is 1.15 bits per heavy atom. The van der Waals surface area contributed by atoms with Crippen molar-refractivity contribution in [3.63, 3.8) is 0 Å². The van der Waals surface area contributed by atoms with Crippen LogP contribution >= 0.6 is 11.6 Å². The van der Waals surface area contributed by atoms with E-state index >= 15 is 0 Å². The third kappa shape index (κ3) is 16.4. The summed E-state index contributed by atoms with van der Waals surface area (Å²) >= 11 is 6.79. The first-order valence-corrected chi connectivity index (χ1v) is 11.8. The Kier molecular flexibility index (Phi) is 21.8. The zero-order chi connectivity index (χ0) is 18.8. The van der Waals surface area contributed by atoms with Crippen molar-refractivity contribution in [2.75, 3.05) is 0 Å². The Morgan fingerprint density at radius 2 is 0.885 bits per heavy atom. The van der Waals surface area contributed by atoms with Crippen LogP contribution in [0.2, 0.25) is 0 Å². The fourth-order valence-corrected chi connectivity index (χ4v) is 3.92. The van der Waals surface area contributed by atoms with Gasteiger partial charge in [0.25, 0.3) is 0 Å². The van der Waals surface area contributed by atoms with Gasteiger partial charge in [-0.1, -0.05) is 117 Å². The zero-order valence-electron chi connectivity index (χ0n) is 18.3. The monoisotopic (exact) mass is 391 g/mol. The van der Waals surface area contributed by atoms with E-state index in [1.807, 2.05) is 6.92 Å². The van der Waals surface area contributed by atoms with Gasteiger partial charge < -0.3 is 11.3 Å². The van der Waals surface area contributed by atoms with Crippen LogP contribution in [-0.2, 0) is 0 Å². The molecule has 0 aliphatic rings. The second kappa shape index (κ2) is 20.0. The van der Waals surface area contributed by atoms with Gasteiger partial charge in [-0.05, 0) is 19.8 Å². The van der Waals surface area contributed by atoms with Crippen LogP contribution in [0.3, 0.4) is 0 Å². The number of alkyl halides is 1. The molecule has 0 rings (SSSR count). The van der Waals surface area contributed by atoms with Crippen molar-refractivity contribution < 1.29 is 5.11 Å². The van der Waals surface area contributed by atoms with Crippen LogP contribution in [0, 0.1) is 0 Å². The summed E-state index contributed by atoms with van der Waals surface area (Å²) in [5.41, 5.74) is 0. The van der Waals surface area contributed by atoms with Gasteiger partial charge in [0.15, 0.2) is 0 Å². The van der Waals surface area contributed by atoms with E-state index < -0.39 is 6.10 Å². The number of hydrogen-bond donors (Lipinski definition) is 2. The lowest BCUT2D eigenvalue weighted by Gasteiger charge is -2.30. The summed E-state index contributed by atoms with van der Waals surface area (Å²) < 4.78 is 0. The Hall–Kier alpha value is 0.210. The molecular formula is C23H50ClNO. The van der Waals surface area contributed by atoms with Gasteiger partial charge in [-0.3, -0.25) is 0 Å². The number of aliphatic hydroxyl groups excluding tert-OH is 1. The fourth-order valence-electron chi connectivity index (χ4n) is 3.65. The van der Waals surface area contributed by atoms with E-state index in [4.69, 9.17) is 11.6 Å². The lowest BCUT2D eigenvalue weighted by atomic mass is 9.89. The number of hydrogen-bond acceptors (Lipinski definition) is 2. The summed E-state index contributed by atoms with van der Waals surface area (Å²) in [4.78, 5) is -0.385. The first kappa shape index (κ1) is 28.4. The molecule has 0 aromatic carbocycles. The predicted molar refractivity (Wildman–Crippen MR) is 120 cm³/mol. The first-order valence-electron chi connectivity index (χ1n) is 11.4. The molecule has 0 radical (unpaired) electrons. The molecule has 0 amide bonds. The van der Waals surface area contributed by atoms with Gasteiger partial charge in [-0.15, -0.1) is 11.6 Å². The van der Waals surface area contributed by atoms with Crippen LogP contribution in [0.4, 0.5) is 0 Å². The van der Waals surface area contributed by atoms with Crippen molar-refractivity contribution in [1.29, 1.82) is 0 Å². The molecule has 0 saturated carbocycles. The molecule has 1 unspecified atom stereocenters. The molecule has 0 saturated heterocycles. The Labute approximate surface area is 170 Å². The zero-order valence-corrected chi connectivity index (χ0v) is 19.1. The molecule has 0 spiro atoms. The molecule has 0 aromatic heterocycles. The number of unbranched alkanes of at least 4 members (excludes halogenated alkanes) is 14. The molecule has 2 nitrogen and oxygen atoms in total. The van der Waals surface area contributed by atoms with Gasteiger partial charge >= 0.3 is 0 Å². The van der Waals surface area contributed by atoms with Crippen LogP contribution in [0.25, 0.3) is 0 Å². The van der Waals surface area contributed by atoms with Crippen molar-refractivity contribution in [2.45, 2.75) is 147 Å². The SMILES string of the molecule is CCCCCCCCCCC(Cl)(CCCCCCCCCC)C(C)O.N. The fraction of sp³-hybridized carbons (Fsp3) is 1.00. The van der Waals surface area contributed by atoms with Gasteiger partial charge in [-0.2, -0.15) is 0 Å². The highest BCUT2D eigenvalue weighted by atomic mass is 35.5. The summed E-state index contributed by atoms with van der Waals surface area (Å²) in [6.07, 6.45) is 22.7. The minimum atomic E-state index is -0.400. The normalized spacial score (nSPS) is 12.8. The van der Waals surface area contributed by atoms with E-state index in [0.717, 1.165) is 12.8 Å². The molecule has 0 aliphatic heterocycles. The predicted octanol–water partition coefficient (Wildman–Crippen LogP) is 8.57. The van der Waals surface area contributed by atoms with Gasteiger partial charge in [0.2, 0.25) is 0 Å². The lowest BCUT2D eigenvalue weighted by molar-refractivity contribution is 0.128. The summed E-state index contributed by atoms with van der Waals surface area (Å²) in [7, 11) is 0. The molecular weight excluding hydrogens is 342 g/mol. The molecule has 4 N–H and O–H groups in total. The molecule has 0 aliphatic carbocycles. The Balaban J connectivity index is 0. The van der Waals surface area contributed by atoms with Crippen molar-refractivity contribution in [2.24, 2.45) is 0 Å². The minimum absolute atomic E-state index is 0. The molecule has 26 heavy (non-hydrogen) atoms. The largest absolute Gasteiger partial charge is 0.392 e. The van der Waals surface area contributed by atoms with Crippen LogP contribution < -0.4 is 6.15 Å². The summed E-state index contributed by atoms with van der Waals surface area (Å²) in [6, 6.07) is 0. The van der Waals surface area contributed by atoms with Crippen molar-refractivity contribution in [3.8, 4) is 0 Å². The third-order valence-electron chi connectivity index (χ3n) is 5.64. The van der Waals surface area contributed by atoms with E-state index in [2.05, 4.69) is 13.8 Å². The van der Waals surface area contributed by atoms with E-state index in [-0.39, 0.29) is 11.0 Å². The second-order valence-electron chi connectivity index (χ2n) is 8.16. The van der Waals surface area contributed by atoms with E-state index in [1.54, 1.807) is 0 Å². The maximum atomic E-state index is 10.1. The average Bonchev–Trinajstić information content (AvgIpc) is 2.59. The van der Waals surface area contributed by atoms with E-state index in [0.29, 0.717) is 0 Å². The van der Waals surface area contributed by atoms with Gasteiger partial charge in [0.05, 0.1) is 11.0 Å². The Morgan fingerprint density at radius 1 is 0.615 bits per heavy atom. The van der Waals surface area contributed by atoms with Gasteiger partial charge in [-0.25, -0.2) is 0 Å². The summed E-state index contributed by atoms with van der Waals surface area (Å²) in [5.74, 6) is 0. The summed E-state index contributed by atoms with van der Waals surface area (Å²) in [6.45, 7) is 6.41. The molecule has 160 valence electrons. The Bertz CT molecular complexity index is 251. The number of halogens is 1. The van der Waals surface area contributed by atoms with E-state index in [9.17, 15) is 5.11 Å². The molecule has 1 atom stereocenters. The third-order valence-corrected chi connectivity index (χ3v) is 6.33. The van der Waals surface area contributed by atoms with Crippen molar-refractivity contribution in [3.05, 3.63) is 0 Å². The van der Waals surface area contributed by atoms with Gasteiger partial charge in [0, 0.05) is 0 Å². The van der Waals surface area contributed by atoms with Crippen LogP contribution in [0.15, 0.2) is 0 Å². The highest BCUT2D eigenvalue weighted by Crippen LogP contribution is 2.33. The minimum Gasteiger partial charge on any atom is -0.392 e. The molecule has 0 bridgehead atoms. The second-order valence-corrected chi connectivity index (χ2v) is 8.91. The highest BCUT2D eigenvalue weighted by molar-refractivity contribution is 6.24.